The number of nitrogens with one attached hydrogen (secondary N) is 1. The van der Waals surface area contributed by atoms with Crippen LogP contribution in [0.4, 0.5) is 18.9 Å². The van der Waals surface area contributed by atoms with Crippen LogP contribution in [-0.4, -0.2) is 12.3 Å². The Kier molecular flexibility index (Phi) is 4.57. The highest BCUT2D eigenvalue weighted by Gasteiger charge is 2.31. The fourth-order valence-electron chi connectivity index (χ4n) is 3.06. The summed E-state index contributed by atoms with van der Waals surface area (Å²) in [6.07, 6.45) is -2.24. The van der Waals surface area contributed by atoms with Crippen molar-refractivity contribution < 1.29 is 22.7 Å². The van der Waals surface area contributed by atoms with Gasteiger partial charge in [0.15, 0.2) is 0 Å². The molecule has 1 aliphatic rings. The van der Waals surface area contributed by atoms with Crippen molar-refractivity contribution in [2.24, 2.45) is 0 Å². The van der Waals surface area contributed by atoms with Gasteiger partial charge >= 0.3 is 6.36 Å². The first kappa shape index (κ1) is 17.1. The second-order valence-corrected chi connectivity index (χ2v) is 5.95. The molecule has 0 saturated heterocycles. The van der Waals surface area contributed by atoms with Crippen molar-refractivity contribution in [2.75, 3.05) is 5.73 Å². The smallest absolute Gasteiger partial charge is 0.406 e. The first-order chi connectivity index (χ1) is 11.8. The molecule has 132 valence electrons. The Morgan fingerprint density at radius 2 is 2.00 bits per heavy atom. The number of nitrogens with two attached hydrogens (primary N) is 1. The molecule has 1 amide bonds. The summed E-state index contributed by atoms with van der Waals surface area (Å²) in [7, 11) is 0. The molecule has 25 heavy (non-hydrogen) atoms. The quantitative estimate of drug-likeness (QED) is 0.823. The number of hydrogen-bond donors (Lipinski definition) is 2. The molecule has 7 heteroatoms. The van der Waals surface area contributed by atoms with E-state index in [1.54, 1.807) is 6.07 Å². The van der Waals surface area contributed by atoms with E-state index in [1.807, 2.05) is 12.1 Å². The van der Waals surface area contributed by atoms with Gasteiger partial charge in [-0.3, -0.25) is 4.79 Å². The molecular formula is C18H17F3N2O2. The molecule has 2 aromatic carbocycles. The van der Waals surface area contributed by atoms with Gasteiger partial charge in [0.25, 0.3) is 5.91 Å². The van der Waals surface area contributed by atoms with Crippen molar-refractivity contribution in [3.8, 4) is 5.75 Å². The van der Waals surface area contributed by atoms with E-state index in [1.165, 1.54) is 12.1 Å². The summed E-state index contributed by atoms with van der Waals surface area (Å²) in [5.41, 5.74) is 8.66. The average molecular weight is 350 g/mol. The fraction of sp³-hybridized carbons (Fsp3) is 0.278. The minimum absolute atomic E-state index is 0.115. The monoisotopic (exact) mass is 350 g/mol. The van der Waals surface area contributed by atoms with Crippen LogP contribution in [0, 0.1) is 0 Å². The maximum absolute atomic E-state index is 12.4. The zero-order chi connectivity index (χ0) is 18.0. The molecule has 0 aromatic heterocycles. The van der Waals surface area contributed by atoms with Gasteiger partial charge in [0, 0.05) is 11.3 Å². The van der Waals surface area contributed by atoms with Crippen LogP contribution in [0.3, 0.4) is 0 Å². The Labute approximate surface area is 142 Å². The first-order valence-corrected chi connectivity index (χ1v) is 7.87. The topological polar surface area (TPSA) is 64.3 Å². The number of hydrogen-bond acceptors (Lipinski definition) is 3. The van der Waals surface area contributed by atoms with Gasteiger partial charge in [-0.25, -0.2) is 0 Å². The molecule has 3 rings (SSSR count). The van der Waals surface area contributed by atoms with E-state index in [9.17, 15) is 18.0 Å². The number of alkyl halides is 3. The molecule has 0 spiro atoms. The molecule has 3 N–H and O–H groups in total. The minimum atomic E-state index is -4.79. The Balaban J connectivity index is 1.77. The zero-order valence-corrected chi connectivity index (χ0v) is 13.3. The number of carbonyl (C=O) groups excluding carboxylic acids is 1. The first-order valence-electron chi connectivity index (χ1n) is 7.87. The van der Waals surface area contributed by atoms with E-state index in [4.69, 9.17) is 5.73 Å². The van der Waals surface area contributed by atoms with Crippen molar-refractivity contribution in [3.05, 3.63) is 59.2 Å². The predicted molar refractivity (Wildman–Crippen MR) is 87.1 cm³/mol. The summed E-state index contributed by atoms with van der Waals surface area (Å²) in [6.45, 7) is 0. The lowest BCUT2D eigenvalue weighted by Crippen LogP contribution is -2.31. The number of nitrogen functional groups attached to an aromatic ring is 1. The summed E-state index contributed by atoms with van der Waals surface area (Å²) in [4.78, 5) is 12.4. The van der Waals surface area contributed by atoms with Gasteiger partial charge in [-0.15, -0.1) is 13.2 Å². The molecular weight excluding hydrogens is 333 g/mol. The summed E-state index contributed by atoms with van der Waals surface area (Å²) >= 11 is 0. The third-order valence-corrected chi connectivity index (χ3v) is 4.12. The van der Waals surface area contributed by atoms with Gasteiger partial charge in [0.2, 0.25) is 0 Å². The fourth-order valence-corrected chi connectivity index (χ4v) is 3.06. The van der Waals surface area contributed by atoms with Crippen molar-refractivity contribution in [2.45, 2.75) is 31.7 Å². The molecule has 0 saturated carbocycles. The van der Waals surface area contributed by atoms with Crippen LogP contribution in [0.15, 0.2) is 42.5 Å². The second kappa shape index (κ2) is 6.66. The molecule has 0 radical (unpaired) electrons. The molecule has 0 heterocycles. The summed E-state index contributed by atoms with van der Waals surface area (Å²) in [5.74, 6) is -0.862. The molecule has 2 aromatic rings. The van der Waals surface area contributed by atoms with Crippen molar-refractivity contribution in [1.82, 2.24) is 5.32 Å². The van der Waals surface area contributed by atoms with Gasteiger partial charge in [0.05, 0.1) is 6.04 Å². The Morgan fingerprint density at radius 3 is 2.76 bits per heavy atom. The van der Waals surface area contributed by atoms with Crippen LogP contribution in [0.1, 0.15) is 40.4 Å². The number of rotatable bonds is 3. The third kappa shape index (κ3) is 4.23. The number of benzene rings is 2. The summed E-state index contributed by atoms with van der Waals surface area (Å²) < 4.78 is 40.8. The van der Waals surface area contributed by atoms with E-state index < -0.39 is 18.0 Å². The lowest BCUT2D eigenvalue weighted by atomic mass is 9.87. The van der Waals surface area contributed by atoms with Gasteiger partial charge in [-0.1, -0.05) is 12.1 Å². The van der Waals surface area contributed by atoms with E-state index in [0.29, 0.717) is 5.69 Å². The molecule has 0 bridgehead atoms. The lowest BCUT2D eigenvalue weighted by molar-refractivity contribution is -0.274. The van der Waals surface area contributed by atoms with Crippen LogP contribution in [0.5, 0.6) is 5.75 Å². The van der Waals surface area contributed by atoms with Crippen molar-refractivity contribution in [1.29, 1.82) is 0 Å². The number of amides is 1. The highest BCUT2D eigenvalue weighted by Crippen LogP contribution is 2.31. The minimum Gasteiger partial charge on any atom is -0.406 e. The van der Waals surface area contributed by atoms with Crippen LogP contribution in [-0.2, 0) is 6.42 Å². The number of fused-ring (bicyclic) bond motifs is 1. The van der Waals surface area contributed by atoms with Gasteiger partial charge in [-0.2, -0.15) is 0 Å². The highest BCUT2D eigenvalue weighted by molar-refractivity contribution is 5.94. The number of carbonyl (C=O) groups is 1. The molecule has 1 atom stereocenters. The number of halogens is 3. The van der Waals surface area contributed by atoms with Crippen LogP contribution in [0.2, 0.25) is 0 Å². The van der Waals surface area contributed by atoms with Gasteiger partial charge < -0.3 is 15.8 Å². The normalized spacial score (nSPS) is 16.8. The molecule has 1 aliphatic carbocycles. The Bertz CT molecular complexity index is 790. The predicted octanol–water partition coefficient (Wildman–Crippen LogP) is 3.97. The molecule has 1 unspecified atom stereocenters. The maximum Gasteiger partial charge on any atom is 0.573 e. The zero-order valence-electron chi connectivity index (χ0n) is 13.3. The standard InChI is InChI=1S/C18H17F3N2O2/c19-18(20,21)25-14-5-1-4-12(10-14)17(24)23-16-6-2-3-11-9-13(22)7-8-15(11)16/h1,4-5,7-10,16H,2-3,6,22H2,(H,23,24). The third-order valence-electron chi connectivity index (χ3n) is 4.12. The van der Waals surface area contributed by atoms with Crippen LogP contribution >= 0.6 is 0 Å². The van der Waals surface area contributed by atoms with E-state index >= 15 is 0 Å². The highest BCUT2D eigenvalue weighted by atomic mass is 19.4. The number of anilines is 1. The largest absolute Gasteiger partial charge is 0.573 e. The lowest BCUT2D eigenvalue weighted by Gasteiger charge is -2.26. The number of ether oxygens (including phenoxy) is 1. The van der Waals surface area contributed by atoms with E-state index in [0.717, 1.165) is 42.5 Å². The number of aryl methyl sites for hydroxylation is 1. The Morgan fingerprint density at radius 1 is 1.20 bits per heavy atom. The van der Waals surface area contributed by atoms with Crippen molar-refractivity contribution >= 4 is 11.6 Å². The van der Waals surface area contributed by atoms with Crippen LogP contribution in [0.25, 0.3) is 0 Å². The van der Waals surface area contributed by atoms with Gasteiger partial charge in [0.1, 0.15) is 5.75 Å². The Hall–Kier alpha value is -2.70. The van der Waals surface area contributed by atoms with Gasteiger partial charge in [-0.05, 0) is 60.7 Å². The molecule has 4 nitrogen and oxygen atoms in total. The average Bonchev–Trinajstić information content (AvgIpc) is 2.53. The summed E-state index contributed by atoms with van der Waals surface area (Å²) in [5, 5.41) is 2.88. The van der Waals surface area contributed by atoms with E-state index in [2.05, 4.69) is 10.1 Å². The van der Waals surface area contributed by atoms with Crippen molar-refractivity contribution in [3.63, 3.8) is 0 Å². The van der Waals surface area contributed by atoms with E-state index in [-0.39, 0.29) is 11.6 Å². The second-order valence-electron chi connectivity index (χ2n) is 5.95. The molecule has 0 aliphatic heterocycles. The summed E-state index contributed by atoms with van der Waals surface area (Å²) in [6, 6.07) is 10.4. The molecule has 0 fully saturated rings. The maximum atomic E-state index is 12.4. The van der Waals surface area contributed by atoms with Crippen LogP contribution < -0.4 is 15.8 Å². The SMILES string of the molecule is Nc1ccc2c(c1)CCCC2NC(=O)c1cccc(OC(F)(F)F)c1.